The lowest BCUT2D eigenvalue weighted by molar-refractivity contribution is 0.102. The van der Waals surface area contributed by atoms with E-state index < -0.39 is 0 Å². The van der Waals surface area contributed by atoms with Gasteiger partial charge in [0.25, 0.3) is 5.91 Å². The number of carbonyl (C=O) groups excluding carboxylic acids is 1. The maximum absolute atomic E-state index is 11.9. The maximum Gasteiger partial charge on any atom is 0.274 e. The summed E-state index contributed by atoms with van der Waals surface area (Å²) in [6.07, 6.45) is 1.54. The van der Waals surface area contributed by atoms with E-state index in [1.807, 2.05) is 0 Å². The molecule has 0 fully saturated rings. The van der Waals surface area contributed by atoms with E-state index in [4.69, 9.17) is 23.2 Å². The Kier molecular flexibility index (Phi) is 4.22. The zero-order chi connectivity index (χ0) is 13.1. The number of nitrogens with one attached hydrogen (secondary N) is 1. The second-order valence-electron chi connectivity index (χ2n) is 3.44. The topological polar surface area (TPSA) is 42.0 Å². The lowest BCUT2D eigenvalue weighted by Gasteiger charge is -2.07. The van der Waals surface area contributed by atoms with Crippen LogP contribution in [0.1, 0.15) is 10.5 Å². The van der Waals surface area contributed by atoms with Crippen LogP contribution in [-0.2, 0) is 0 Å². The van der Waals surface area contributed by atoms with Crippen molar-refractivity contribution < 1.29 is 4.79 Å². The monoisotopic (exact) mass is 344 g/mol. The van der Waals surface area contributed by atoms with Crippen molar-refractivity contribution in [3.05, 3.63) is 56.7 Å². The van der Waals surface area contributed by atoms with Gasteiger partial charge in [-0.3, -0.25) is 9.78 Å². The highest BCUT2D eigenvalue weighted by atomic mass is 79.9. The molecule has 0 radical (unpaired) electrons. The minimum Gasteiger partial charge on any atom is -0.319 e. The predicted octanol–water partition coefficient (Wildman–Crippen LogP) is 4.40. The summed E-state index contributed by atoms with van der Waals surface area (Å²) in [6.45, 7) is 0. The van der Waals surface area contributed by atoms with E-state index in [1.54, 1.807) is 36.5 Å². The van der Waals surface area contributed by atoms with Crippen molar-refractivity contribution in [3.8, 4) is 0 Å². The Bertz CT molecular complexity index is 604. The number of hydrogen-bond acceptors (Lipinski definition) is 2. The molecule has 0 aliphatic rings. The number of pyridine rings is 1. The highest BCUT2D eigenvalue weighted by molar-refractivity contribution is 9.10. The van der Waals surface area contributed by atoms with Gasteiger partial charge in [0, 0.05) is 15.7 Å². The number of anilines is 1. The van der Waals surface area contributed by atoms with Crippen molar-refractivity contribution in [2.45, 2.75) is 0 Å². The molecule has 3 nitrogen and oxygen atoms in total. The van der Waals surface area contributed by atoms with Crippen molar-refractivity contribution in [2.24, 2.45) is 0 Å². The smallest absolute Gasteiger partial charge is 0.274 e. The number of nitrogens with zero attached hydrogens (tertiary/aromatic N) is 1. The summed E-state index contributed by atoms with van der Waals surface area (Å²) in [5, 5.41) is 3.57. The molecule has 1 aromatic heterocycles. The Hall–Kier alpha value is -1.10. The largest absolute Gasteiger partial charge is 0.319 e. The van der Waals surface area contributed by atoms with Crippen LogP contribution < -0.4 is 5.32 Å². The Morgan fingerprint density at radius 2 is 2.00 bits per heavy atom. The SMILES string of the molecule is O=C(Nc1cc(Cl)ccc1Cl)c1cc(Br)ccn1. The van der Waals surface area contributed by atoms with Crippen molar-refractivity contribution in [1.29, 1.82) is 0 Å². The molecule has 1 heterocycles. The Labute approximate surface area is 122 Å². The third kappa shape index (κ3) is 3.22. The van der Waals surface area contributed by atoms with Gasteiger partial charge in [-0.25, -0.2) is 0 Å². The van der Waals surface area contributed by atoms with Crippen LogP contribution >= 0.6 is 39.1 Å². The van der Waals surface area contributed by atoms with Crippen molar-refractivity contribution >= 4 is 50.7 Å². The minimum absolute atomic E-state index is 0.292. The molecular formula is C12H7BrCl2N2O. The first-order valence-electron chi connectivity index (χ1n) is 4.94. The molecule has 92 valence electrons. The molecule has 0 saturated heterocycles. The highest BCUT2D eigenvalue weighted by Crippen LogP contribution is 2.25. The van der Waals surface area contributed by atoms with Gasteiger partial charge in [0.05, 0.1) is 10.7 Å². The molecule has 2 aromatic rings. The van der Waals surface area contributed by atoms with Crippen LogP contribution in [0.3, 0.4) is 0 Å². The fourth-order valence-corrected chi connectivity index (χ4v) is 1.98. The molecule has 0 saturated carbocycles. The zero-order valence-corrected chi connectivity index (χ0v) is 12.1. The van der Waals surface area contributed by atoms with E-state index >= 15 is 0 Å². The van der Waals surface area contributed by atoms with Gasteiger partial charge in [-0.2, -0.15) is 0 Å². The van der Waals surface area contributed by atoms with Crippen molar-refractivity contribution in [3.63, 3.8) is 0 Å². The molecule has 0 spiro atoms. The molecule has 0 atom stereocenters. The van der Waals surface area contributed by atoms with Gasteiger partial charge >= 0.3 is 0 Å². The average Bonchev–Trinajstić information content (AvgIpc) is 2.34. The van der Waals surface area contributed by atoms with E-state index in [1.165, 1.54) is 0 Å². The van der Waals surface area contributed by atoms with Crippen LogP contribution in [0.4, 0.5) is 5.69 Å². The number of benzene rings is 1. The molecule has 1 amide bonds. The van der Waals surface area contributed by atoms with E-state index in [2.05, 4.69) is 26.2 Å². The molecular weight excluding hydrogens is 339 g/mol. The molecule has 1 N–H and O–H groups in total. The van der Waals surface area contributed by atoms with Gasteiger partial charge < -0.3 is 5.32 Å². The van der Waals surface area contributed by atoms with Crippen LogP contribution in [0.25, 0.3) is 0 Å². The first-order valence-corrected chi connectivity index (χ1v) is 6.49. The van der Waals surface area contributed by atoms with Crippen LogP contribution in [0.15, 0.2) is 41.0 Å². The van der Waals surface area contributed by atoms with E-state index in [-0.39, 0.29) is 5.91 Å². The van der Waals surface area contributed by atoms with Crippen LogP contribution in [0.2, 0.25) is 10.0 Å². The van der Waals surface area contributed by atoms with Crippen molar-refractivity contribution in [1.82, 2.24) is 4.98 Å². The lowest BCUT2D eigenvalue weighted by atomic mass is 10.3. The van der Waals surface area contributed by atoms with E-state index in [0.29, 0.717) is 21.4 Å². The highest BCUT2D eigenvalue weighted by Gasteiger charge is 2.10. The molecule has 1 aromatic carbocycles. The summed E-state index contributed by atoms with van der Waals surface area (Å²) >= 11 is 15.1. The number of halogens is 3. The minimum atomic E-state index is -0.347. The first kappa shape index (κ1) is 13.3. The van der Waals surface area contributed by atoms with Gasteiger partial charge in [0.15, 0.2) is 0 Å². The fourth-order valence-electron chi connectivity index (χ4n) is 1.31. The molecule has 0 aliphatic carbocycles. The number of hydrogen-bond donors (Lipinski definition) is 1. The average molecular weight is 346 g/mol. The lowest BCUT2D eigenvalue weighted by Crippen LogP contribution is -2.13. The Morgan fingerprint density at radius 1 is 1.22 bits per heavy atom. The summed E-state index contributed by atoms with van der Waals surface area (Å²) in [4.78, 5) is 15.9. The summed E-state index contributed by atoms with van der Waals surface area (Å²) in [7, 11) is 0. The van der Waals surface area contributed by atoms with Gasteiger partial charge in [-0.05, 0) is 30.3 Å². The molecule has 2 rings (SSSR count). The summed E-state index contributed by atoms with van der Waals surface area (Å²) in [5.74, 6) is -0.347. The van der Waals surface area contributed by atoms with E-state index in [9.17, 15) is 4.79 Å². The van der Waals surface area contributed by atoms with Gasteiger partial charge in [0.2, 0.25) is 0 Å². The molecule has 6 heteroatoms. The second-order valence-corrected chi connectivity index (χ2v) is 5.20. The van der Waals surface area contributed by atoms with Crippen LogP contribution in [-0.4, -0.2) is 10.9 Å². The molecule has 0 unspecified atom stereocenters. The third-order valence-electron chi connectivity index (χ3n) is 2.13. The van der Waals surface area contributed by atoms with E-state index in [0.717, 1.165) is 4.47 Å². The quantitative estimate of drug-likeness (QED) is 0.876. The number of rotatable bonds is 2. The number of amides is 1. The maximum atomic E-state index is 11.9. The standard InChI is InChI=1S/C12H7BrCl2N2O/c13-7-3-4-16-11(5-7)12(18)17-10-6-8(14)1-2-9(10)15/h1-6H,(H,17,18). The first-order chi connectivity index (χ1) is 8.56. The molecule has 18 heavy (non-hydrogen) atoms. The summed E-state index contributed by atoms with van der Waals surface area (Å²) in [5.41, 5.74) is 0.747. The number of carbonyl (C=O) groups is 1. The molecule has 0 aliphatic heterocycles. The normalized spacial score (nSPS) is 10.2. The Balaban J connectivity index is 2.24. The Morgan fingerprint density at radius 3 is 2.72 bits per heavy atom. The predicted molar refractivity (Wildman–Crippen MR) is 76.4 cm³/mol. The van der Waals surface area contributed by atoms with Gasteiger partial charge in [-0.1, -0.05) is 39.1 Å². The summed E-state index contributed by atoms with van der Waals surface area (Å²) < 4.78 is 0.778. The third-order valence-corrected chi connectivity index (χ3v) is 3.19. The zero-order valence-electron chi connectivity index (χ0n) is 8.95. The van der Waals surface area contributed by atoms with Crippen molar-refractivity contribution in [2.75, 3.05) is 5.32 Å². The van der Waals surface area contributed by atoms with Crippen LogP contribution in [0, 0.1) is 0 Å². The van der Waals surface area contributed by atoms with Crippen LogP contribution in [0.5, 0.6) is 0 Å². The van der Waals surface area contributed by atoms with Gasteiger partial charge in [-0.15, -0.1) is 0 Å². The van der Waals surface area contributed by atoms with Gasteiger partial charge in [0.1, 0.15) is 5.69 Å². The molecule has 0 bridgehead atoms. The second kappa shape index (κ2) is 5.69. The fraction of sp³-hybridized carbons (Fsp3) is 0. The number of aromatic nitrogens is 1. The summed E-state index contributed by atoms with van der Waals surface area (Å²) in [6, 6.07) is 8.21.